The van der Waals surface area contributed by atoms with Gasteiger partial charge in [-0.15, -0.1) is 0 Å². The third kappa shape index (κ3) is 1.71. The number of nitriles is 1. The largest absolute Gasteiger partial charge is 0.493 e. The van der Waals surface area contributed by atoms with Crippen molar-refractivity contribution in [3.63, 3.8) is 0 Å². The normalized spacial score (nSPS) is 16.3. The van der Waals surface area contributed by atoms with Crippen LogP contribution in [0.1, 0.15) is 25.3 Å². The second-order valence-corrected chi connectivity index (χ2v) is 3.99. The predicted octanol–water partition coefficient (Wildman–Crippen LogP) is 2.65. The van der Waals surface area contributed by atoms with Crippen molar-refractivity contribution >= 4 is 0 Å². The quantitative estimate of drug-likeness (QED) is 0.778. The average molecular weight is 217 g/mol. The van der Waals surface area contributed by atoms with Crippen LogP contribution in [0.15, 0.2) is 18.2 Å². The van der Waals surface area contributed by atoms with Gasteiger partial charge in [0, 0.05) is 0 Å². The van der Waals surface area contributed by atoms with E-state index in [1.165, 1.54) is 0 Å². The fraction of sp³-hybridized carbons (Fsp3) is 0.462. The Kier molecular flexibility index (Phi) is 2.74. The maximum atomic E-state index is 9.12. The lowest BCUT2D eigenvalue weighted by molar-refractivity contribution is 0.310. The van der Waals surface area contributed by atoms with E-state index in [1.807, 2.05) is 25.1 Å². The van der Waals surface area contributed by atoms with Gasteiger partial charge < -0.3 is 9.47 Å². The highest BCUT2D eigenvalue weighted by atomic mass is 16.5. The molecule has 0 spiro atoms. The van der Waals surface area contributed by atoms with E-state index < -0.39 is 0 Å². The monoisotopic (exact) mass is 217 g/mol. The smallest absolute Gasteiger partial charge is 0.161 e. The molecule has 0 aromatic heterocycles. The second kappa shape index (κ2) is 4.05. The van der Waals surface area contributed by atoms with Crippen LogP contribution in [0.2, 0.25) is 0 Å². The van der Waals surface area contributed by atoms with E-state index in [0.29, 0.717) is 12.4 Å². The molecule has 1 aliphatic rings. The van der Waals surface area contributed by atoms with Crippen molar-refractivity contribution in [1.82, 2.24) is 0 Å². The maximum absolute atomic E-state index is 9.12. The zero-order valence-electron chi connectivity index (χ0n) is 9.62. The predicted molar refractivity (Wildman–Crippen MR) is 60.7 cm³/mol. The molecule has 1 aromatic carbocycles. The summed E-state index contributed by atoms with van der Waals surface area (Å²) in [6.07, 6.45) is 1.89. The van der Waals surface area contributed by atoms with Crippen molar-refractivity contribution in [3.05, 3.63) is 23.8 Å². The van der Waals surface area contributed by atoms with E-state index in [0.717, 1.165) is 24.2 Å². The third-order valence-electron chi connectivity index (χ3n) is 2.98. The van der Waals surface area contributed by atoms with Gasteiger partial charge in [-0.05, 0) is 37.5 Å². The Morgan fingerprint density at radius 3 is 2.62 bits per heavy atom. The lowest BCUT2D eigenvalue weighted by Crippen LogP contribution is -2.04. The summed E-state index contributed by atoms with van der Waals surface area (Å²) in [7, 11) is 1.62. The first kappa shape index (κ1) is 10.8. The standard InChI is InChI=1S/C13H15NO2/c1-3-16-11-5-4-10(8-12(11)15-2)13(9-14)6-7-13/h4-5,8H,3,6-7H2,1-2H3. The van der Waals surface area contributed by atoms with E-state index >= 15 is 0 Å². The summed E-state index contributed by atoms with van der Waals surface area (Å²) < 4.78 is 10.7. The number of rotatable bonds is 4. The van der Waals surface area contributed by atoms with Crippen LogP contribution in [0.4, 0.5) is 0 Å². The van der Waals surface area contributed by atoms with Gasteiger partial charge in [0.2, 0.25) is 0 Å². The van der Waals surface area contributed by atoms with E-state index in [1.54, 1.807) is 7.11 Å². The van der Waals surface area contributed by atoms with Gasteiger partial charge in [-0.3, -0.25) is 0 Å². The Balaban J connectivity index is 2.34. The van der Waals surface area contributed by atoms with Gasteiger partial charge in [0.1, 0.15) is 0 Å². The summed E-state index contributed by atoms with van der Waals surface area (Å²) in [5, 5.41) is 9.12. The first-order chi connectivity index (χ1) is 7.75. The van der Waals surface area contributed by atoms with Crippen molar-refractivity contribution in [2.75, 3.05) is 13.7 Å². The third-order valence-corrected chi connectivity index (χ3v) is 2.98. The van der Waals surface area contributed by atoms with Crippen molar-refractivity contribution < 1.29 is 9.47 Å². The maximum Gasteiger partial charge on any atom is 0.161 e. The number of benzene rings is 1. The Labute approximate surface area is 95.6 Å². The highest BCUT2D eigenvalue weighted by Gasteiger charge is 2.45. The summed E-state index contributed by atoms with van der Waals surface area (Å²) in [4.78, 5) is 0. The van der Waals surface area contributed by atoms with Crippen molar-refractivity contribution in [3.8, 4) is 17.6 Å². The minimum atomic E-state index is -0.266. The van der Waals surface area contributed by atoms with Gasteiger partial charge in [0.05, 0.1) is 25.2 Å². The average Bonchev–Trinajstić information content (AvgIpc) is 3.11. The van der Waals surface area contributed by atoms with Gasteiger partial charge in [0.15, 0.2) is 11.5 Å². The highest BCUT2D eigenvalue weighted by Crippen LogP contribution is 2.49. The van der Waals surface area contributed by atoms with Gasteiger partial charge in [-0.25, -0.2) is 0 Å². The topological polar surface area (TPSA) is 42.2 Å². The van der Waals surface area contributed by atoms with Gasteiger partial charge in [-0.2, -0.15) is 5.26 Å². The first-order valence-corrected chi connectivity index (χ1v) is 5.48. The van der Waals surface area contributed by atoms with Crippen LogP contribution in [-0.2, 0) is 5.41 Å². The first-order valence-electron chi connectivity index (χ1n) is 5.48. The number of ether oxygens (including phenoxy) is 2. The molecule has 0 aliphatic heterocycles. The molecular formula is C13H15NO2. The van der Waals surface area contributed by atoms with Crippen LogP contribution >= 0.6 is 0 Å². The lowest BCUT2D eigenvalue weighted by Gasteiger charge is -2.12. The Morgan fingerprint density at radius 1 is 1.38 bits per heavy atom. The summed E-state index contributed by atoms with van der Waals surface area (Å²) >= 11 is 0. The molecule has 0 saturated heterocycles. The zero-order valence-corrected chi connectivity index (χ0v) is 9.62. The molecule has 0 atom stereocenters. The SMILES string of the molecule is CCOc1ccc(C2(C#N)CC2)cc1OC. The number of methoxy groups -OCH3 is 1. The highest BCUT2D eigenvalue weighted by molar-refractivity contribution is 5.49. The molecule has 0 N–H and O–H groups in total. The van der Waals surface area contributed by atoms with Gasteiger partial charge >= 0.3 is 0 Å². The molecule has 2 rings (SSSR count). The van der Waals surface area contributed by atoms with E-state index in [-0.39, 0.29) is 5.41 Å². The molecule has 0 amide bonds. The summed E-state index contributed by atoms with van der Waals surface area (Å²) in [5.41, 5.74) is 0.771. The minimum Gasteiger partial charge on any atom is -0.493 e. The molecular weight excluding hydrogens is 202 g/mol. The van der Waals surface area contributed by atoms with Crippen LogP contribution in [0, 0.1) is 11.3 Å². The van der Waals surface area contributed by atoms with Crippen molar-refractivity contribution in [2.24, 2.45) is 0 Å². The summed E-state index contributed by atoms with van der Waals surface area (Å²) in [5.74, 6) is 1.45. The van der Waals surface area contributed by atoms with Crippen LogP contribution in [0.5, 0.6) is 11.5 Å². The molecule has 1 saturated carbocycles. The number of hydrogen-bond donors (Lipinski definition) is 0. The molecule has 16 heavy (non-hydrogen) atoms. The molecule has 3 nitrogen and oxygen atoms in total. The minimum absolute atomic E-state index is 0.266. The zero-order chi connectivity index (χ0) is 11.6. The number of nitrogens with zero attached hydrogens (tertiary/aromatic N) is 1. The molecule has 0 heterocycles. The van der Waals surface area contributed by atoms with Gasteiger partial charge in [0.25, 0.3) is 0 Å². The van der Waals surface area contributed by atoms with Crippen molar-refractivity contribution in [2.45, 2.75) is 25.2 Å². The van der Waals surface area contributed by atoms with Crippen LogP contribution in [0.3, 0.4) is 0 Å². The summed E-state index contributed by atoms with van der Waals surface area (Å²) in [6.45, 7) is 2.55. The lowest BCUT2D eigenvalue weighted by atomic mass is 9.97. The van der Waals surface area contributed by atoms with Crippen LogP contribution in [-0.4, -0.2) is 13.7 Å². The Hall–Kier alpha value is -1.69. The van der Waals surface area contributed by atoms with E-state index in [9.17, 15) is 0 Å². The molecule has 1 aromatic rings. The van der Waals surface area contributed by atoms with Gasteiger partial charge in [-0.1, -0.05) is 6.07 Å². The molecule has 1 aliphatic carbocycles. The molecule has 84 valence electrons. The summed E-state index contributed by atoms with van der Waals surface area (Å²) in [6, 6.07) is 8.14. The Morgan fingerprint density at radius 2 is 2.12 bits per heavy atom. The van der Waals surface area contributed by atoms with E-state index in [4.69, 9.17) is 14.7 Å². The molecule has 0 bridgehead atoms. The van der Waals surface area contributed by atoms with Crippen LogP contribution in [0.25, 0.3) is 0 Å². The molecule has 0 unspecified atom stereocenters. The fourth-order valence-corrected chi connectivity index (χ4v) is 1.83. The molecule has 1 fully saturated rings. The molecule has 0 radical (unpaired) electrons. The fourth-order valence-electron chi connectivity index (χ4n) is 1.83. The van der Waals surface area contributed by atoms with E-state index in [2.05, 4.69) is 6.07 Å². The Bertz CT molecular complexity index is 430. The number of hydrogen-bond acceptors (Lipinski definition) is 3. The molecule has 3 heteroatoms. The second-order valence-electron chi connectivity index (χ2n) is 3.99. The van der Waals surface area contributed by atoms with Crippen molar-refractivity contribution in [1.29, 1.82) is 5.26 Å². The van der Waals surface area contributed by atoms with Crippen LogP contribution < -0.4 is 9.47 Å².